The minimum absolute atomic E-state index is 0.106. The molecule has 0 radical (unpaired) electrons. The fraction of sp³-hybridized carbons (Fsp3) is 0.450. The Morgan fingerprint density at radius 1 is 1.25 bits per heavy atom. The summed E-state index contributed by atoms with van der Waals surface area (Å²) in [5.74, 6) is -1.32. The van der Waals surface area contributed by atoms with Crippen molar-refractivity contribution in [1.82, 2.24) is 15.5 Å². The molecule has 1 fully saturated rings. The van der Waals surface area contributed by atoms with Gasteiger partial charge in [-0.05, 0) is 12.0 Å². The molecule has 0 saturated carbocycles. The van der Waals surface area contributed by atoms with Gasteiger partial charge in [-0.15, -0.1) is 0 Å². The molecule has 3 aliphatic heterocycles. The predicted molar refractivity (Wildman–Crippen MR) is 99.2 cm³/mol. The molecule has 0 aliphatic carbocycles. The van der Waals surface area contributed by atoms with Crippen molar-refractivity contribution in [3.63, 3.8) is 0 Å². The van der Waals surface area contributed by atoms with E-state index in [1.54, 1.807) is 18.1 Å². The van der Waals surface area contributed by atoms with Crippen molar-refractivity contribution < 1.29 is 23.9 Å². The van der Waals surface area contributed by atoms with Crippen LogP contribution >= 0.6 is 0 Å². The van der Waals surface area contributed by atoms with E-state index in [4.69, 9.17) is 9.47 Å². The number of urea groups is 1. The predicted octanol–water partition coefficient (Wildman–Crippen LogP) is 1.34. The summed E-state index contributed by atoms with van der Waals surface area (Å²) >= 11 is 0. The molecule has 8 heteroatoms. The molecule has 2 N–H and O–H groups in total. The molecule has 3 atom stereocenters. The Kier molecular flexibility index (Phi) is 4.49. The molecule has 28 heavy (non-hydrogen) atoms. The van der Waals surface area contributed by atoms with Crippen LogP contribution in [-0.2, 0) is 14.3 Å². The molecule has 3 aliphatic rings. The molecule has 3 heterocycles. The van der Waals surface area contributed by atoms with Crippen LogP contribution in [0.2, 0.25) is 0 Å². The van der Waals surface area contributed by atoms with Gasteiger partial charge in [-0.2, -0.15) is 0 Å². The molecule has 3 amide bonds. The van der Waals surface area contributed by atoms with E-state index in [0.717, 1.165) is 5.56 Å². The zero-order chi connectivity index (χ0) is 20.0. The van der Waals surface area contributed by atoms with Crippen LogP contribution in [0, 0.1) is 11.8 Å². The summed E-state index contributed by atoms with van der Waals surface area (Å²) in [5.41, 5.74) is 1.78. The molecule has 1 saturated heterocycles. The van der Waals surface area contributed by atoms with Gasteiger partial charge in [0, 0.05) is 18.0 Å². The first-order valence-corrected chi connectivity index (χ1v) is 9.33. The van der Waals surface area contributed by atoms with E-state index < -0.39 is 35.9 Å². The third kappa shape index (κ3) is 2.80. The topological polar surface area (TPSA) is 97.0 Å². The van der Waals surface area contributed by atoms with Crippen molar-refractivity contribution in [2.24, 2.45) is 11.8 Å². The number of methoxy groups -OCH3 is 1. The van der Waals surface area contributed by atoms with Gasteiger partial charge in [0.2, 0.25) is 5.91 Å². The Morgan fingerprint density at radius 2 is 2.00 bits per heavy atom. The first-order valence-electron chi connectivity index (χ1n) is 9.33. The lowest BCUT2D eigenvalue weighted by molar-refractivity contribution is -0.136. The number of carbonyl (C=O) groups is 3. The molecular formula is C20H23N3O5. The number of nitrogens with one attached hydrogen (secondary N) is 2. The van der Waals surface area contributed by atoms with Crippen molar-refractivity contribution >= 4 is 17.9 Å². The molecule has 1 aromatic carbocycles. The van der Waals surface area contributed by atoms with Gasteiger partial charge in [-0.1, -0.05) is 32.0 Å². The third-order valence-electron chi connectivity index (χ3n) is 5.39. The number of hydrogen-bond acceptors (Lipinski definition) is 6. The fourth-order valence-corrected chi connectivity index (χ4v) is 4.30. The van der Waals surface area contributed by atoms with Crippen LogP contribution in [0.15, 0.2) is 35.5 Å². The molecule has 0 aromatic heterocycles. The SMILES string of the molecule is COc1ccccc1C1C2=C(COC2=O)NC2C1C(=O)NC(=O)N2CC(C)C. The first kappa shape index (κ1) is 18.3. The summed E-state index contributed by atoms with van der Waals surface area (Å²) in [7, 11) is 1.55. The highest BCUT2D eigenvalue weighted by atomic mass is 16.5. The molecule has 148 valence electrons. The normalized spacial score (nSPS) is 26.5. The lowest BCUT2D eigenvalue weighted by Crippen LogP contribution is -2.68. The third-order valence-corrected chi connectivity index (χ3v) is 5.39. The lowest BCUT2D eigenvalue weighted by Gasteiger charge is -2.47. The van der Waals surface area contributed by atoms with E-state index in [1.165, 1.54) is 0 Å². The van der Waals surface area contributed by atoms with Crippen LogP contribution in [-0.4, -0.2) is 49.2 Å². The number of benzene rings is 1. The van der Waals surface area contributed by atoms with Crippen LogP contribution in [0.4, 0.5) is 4.79 Å². The molecule has 4 rings (SSSR count). The van der Waals surface area contributed by atoms with E-state index in [1.807, 2.05) is 32.0 Å². The summed E-state index contributed by atoms with van der Waals surface area (Å²) < 4.78 is 10.8. The number of imide groups is 1. The van der Waals surface area contributed by atoms with Gasteiger partial charge in [0.15, 0.2) is 0 Å². The van der Waals surface area contributed by atoms with E-state index in [0.29, 0.717) is 23.6 Å². The van der Waals surface area contributed by atoms with Crippen molar-refractivity contribution in [3.05, 3.63) is 41.1 Å². The highest BCUT2D eigenvalue weighted by Gasteiger charge is 2.54. The Hall–Kier alpha value is -3.03. The number of fused-ring (bicyclic) bond motifs is 1. The van der Waals surface area contributed by atoms with Gasteiger partial charge in [-0.25, -0.2) is 9.59 Å². The Bertz CT molecular complexity index is 878. The van der Waals surface area contributed by atoms with Gasteiger partial charge in [0.05, 0.1) is 24.3 Å². The number of rotatable bonds is 4. The summed E-state index contributed by atoms with van der Waals surface area (Å²) in [4.78, 5) is 39.6. The minimum Gasteiger partial charge on any atom is -0.496 e. The Labute approximate surface area is 162 Å². The maximum absolute atomic E-state index is 12.9. The van der Waals surface area contributed by atoms with Crippen LogP contribution in [0.5, 0.6) is 5.75 Å². The molecule has 1 aromatic rings. The minimum atomic E-state index is -0.683. The monoisotopic (exact) mass is 385 g/mol. The maximum Gasteiger partial charge on any atom is 0.336 e. The Morgan fingerprint density at radius 3 is 2.71 bits per heavy atom. The standard InChI is InChI=1S/C20H23N3O5/c1-10(2)8-23-17-16(18(24)22-20(23)26)14(11-6-4-5-7-13(11)27-3)15-12(21-17)9-28-19(15)25/h4-7,10,14,16-17,21H,8-9H2,1-3H3,(H,22,24,26). The second-order valence-electron chi connectivity index (χ2n) is 7.64. The largest absolute Gasteiger partial charge is 0.496 e. The van der Waals surface area contributed by atoms with Crippen LogP contribution in [0.1, 0.15) is 25.3 Å². The number of carbonyl (C=O) groups excluding carboxylic acids is 3. The molecule has 0 bridgehead atoms. The fourth-order valence-electron chi connectivity index (χ4n) is 4.30. The van der Waals surface area contributed by atoms with Crippen LogP contribution < -0.4 is 15.4 Å². The van der Waals surface area contributed by atoms with Gasteiger partial charge in [0.25, 0.3) is 0 Å². The highest BCUT2D eigenvalue weighted by molar-refractivity contribution is 6.02. The molecule has 8 nitrogen and oxygen atoms in total. The van der Waals surface area contributed by atoms with E-state index in [-0.39, 0.29) is 12.5 Å². The second-order valence-corrected chi connectivity index (χ2v) is 7.64. The van der Waals surface area contributed by atoms with Crippen LogP contribution in [0.3, 0.4) is 0 Å². The highest BCUT2D eigenvalue weighted by Crippen LogP contribution is 2.46. The Balaban J connectivity index is 1.87. The number of esters is 1. The van der Waals surface area contributed by atoms with Crippen molar-refractivity contribution in [2.45, 2.75) is 25.9 Å². The van der Waals surface area contributed by atoms with Gasteiger partial charge >= 0.3 is 12.0 Å². The number of ether oxygens (including phenoxy) is 2. The quantitative estimate of drug-likeness (QED) is 0.760. The van der Waals surface area contributed by atoms with E-state index in [2.05, 4.69) is 10.6 Å². The number of nitrogens with zero attached hydrogens (tertiary/aromatic N) is 1. The summed E-state index contributed by atoms with van der Waals surface area (Å²) in [6.45, 7) is 4.59. The number of cyclic esters (lactones) is 1. The van der Waals surface area contributed by atoms with E-state index in [9.17, 15) is 14.4 Å². The van der Waals surface area contributed by atoms with Crippen molar-refractivity contribution in [1.29, 1.82) is 0 Å². The summed E-state index contributed by atoms with van der Waals surface area (Å²) in [5, 5.41) is 5.70. The molecule has 3 unspecified atom stereocenters. The average Bonchev–Trinajstić information content (AvgIpc) is 3.04. The van der Waals surface area contributed by atoms with Crippen molar-refractivity contribution in [3.8, 4) is 5.75 Å². The molecular weight excluding hydrogens is 362 g/mol. The molecule has 0 spiro atoms. The van der Waals surface area contributed by atoms with E-state index >= 15 is 0 Å². The smallest absolute Gasteiger partial charge is 0.336 e. The van der Waals surface area contributed by atoms with Gasteiger partial charge < -0.3 is 19.7 Å². The zero-order valence-corrected chi connectivity index (χ0v) is 16.0. The lowest BCUT2D eigenvalue weighted by atomic mass is 9.74. The first-order chi connectivity index (χ1) is 13.4. The summed E-state index contributed by atoms with van der Waals surface area (Å²) in [6.07, 6.45) is -0.563. The number of hydrogen-bond donors (Lipinski definition) is 2. The summed E-state index contributed by atoms with van der Waals surface area (Å²) in [6, 6.07) is 6.88. The number of para-hydroxylation sites is 1. The number of amides is 3. The van der Waals surface area contributed by atoms with Gasteiger partial charge in [-0.3, -0.25) is 10.1 Å². The average molecular weight is 385 g/mol. The second kappa shape index (κ2) is 6.85. The van der Waals surface area contributed by atoms with Gasteiger partial charge in [0.1, 0.15) is 18.5 Å². The van der Waals surface area contributed by atoms with Crippen LogP contribution in [0.25, 0.3) is 0 Å². The zero-order valence-electron chi connectivity index (χ0n) is 16.0. The van der Waals surface area contributed by atoms with Crippen molar-refractivity contribution in [2.75, 3.05) is 20.3 Å². The maximum atomic E-state index is 12.9.